The zero-order valence-corrected chi connectivity index (χ0v) is 22.6. The van der Waals surface area contributed by atoms with Crippen molar-refractivity contribution in [3.8, 4) is 23.0 Å². The molecule has 14 heteroatoms. The van der Waals surface area contributed by atoms with Gasteiger partial charge in [-0.05, 0) is 42.0 Å². The standard InChI is InChI=1S/C30H28O14/c31-15-4-1-13(2-5-15)3-6-24(36)41-12-23-26(38)27(39)28(40)30(44-23)43-22-11-17-18(33)9-16(32)10-21(17)42-29(22)14-7-19(34)25(37)20(35)8-14/h1-11,21,23,26-28,30-35,37-40H,12H2. The molecule has 0 radical (unpaired) electrons. The van der Waals surface area contributed by atoms with Crippen molar-refractivity contribution < 1.29 is 69.7 Å². The van der Waals surface area contributed by atoms with Crippen LogP contribution in [0.15, 0.2) is 83.6 Å². The van der Waals surface area contributed by atoms with Gasteiger partial charge in [0, 0.05) is 29.4 Å². The van der Waals surface area contributed by atoms with E-state index < -0.39 is 72.4 Å². The van der Waals surface area contributed by atoms with Gasteiger partial charge in [0.15, 0.2) is 28.8 Å². The van der Waals surface area contributed by atoms with Gasteiger partial charge in [-0.1, -0.05) is 12.1 Å². The third-order valence-corrected chi connectivity index (χ3v) is 6.90. The van der Waals surface area contributed by atoms with Gasteiger partial charge in [0.05, 0.1) is 0 Å². The van der Waals surface area contributed by atoms with Crippen molar-refractivity contribution in [1.29, 1.82) is 0 Å². The van der Waals surface area contributed by atoms with E-state index in [0.29, 0.717) is 5.56 Å². The molecule has 14 nitrogen and oxygen atoms in total. The van der Waals surface area contributed by atoms with Crippen molar-refractivity contribution in [2.24, 2.45) is 0 Å². The molecule has 3 aliphatic rings. The van der Waals surface area contributed by atoms with Crippen LogP contribution in [0.3, 0.4) is 0 Å². The molecule has 0 spiro atoms. The summed E-state index contributed by atoms with van der Waals surface area (Å²) in [5.74, 6) is -4.19. The lowest BCUT2D eigenvalue weighted by Gasteiger charge is -2.40. The fourth-order valence-electron chi connectivity index (χ4n) is 4.58. The first kappa shape index (κ1) is 30.3. The quantitative estimate of drug-likeness (QED) is 0.122. The van der Waals surface area contributed by atoms with E-state index in [1.54, 1.807) is 12.1 Å². The van der Waals surface area contributed by atoms with E-state index >= 15 is 0 Å². The smallest absolute Gasteiger partial charge is 0.330 e. The minimum Gasteiger partial charge on any atom is -0.508 e. The second kappa shape index (κ2) is 12.2. The summed E-state index contributed by atoms with van der Waals surface area (Å²) in [5, 5.41) is 91.3. The summed E-state index contributed by atoms with van der Waals surface area (Å²) in [7, 11) is 0. The first-order chi connectivity index (χ1) is 20.9. The van der Waals surface area contributed by atoms with E-state index in [2.05, 4.69) is 0 Å². The Bertz CT molecular complexity index is 1560. The highest BCUT2D eigenvalue weighted by Crippen LogP contribution is 2.42. The van der Waals surface area contributed by atoms with Gasteiger partial charge in [0.1, 0.15) is 54.4 Å². The molecule has 0 aromatic heterocycles. The van der Waals surface area contributed by atoms with Gasteiger partial charge in [0.2, 0.25) is 6.29 Å². The number of carbonyl (C=O) groups is 1. The number of esters is 1. The first-order valence-corrected chi connectivity index (χ1v) is 13.1. The molecule has 2 aliphatic heterocycles. The van der Waals surface area contributed by atoms with E-state index in [1.165, 1.54) is 30.4 Å². The number of hydrogen-bond donors (Lipinski definition) is 9. The highest BCUT2D eigenvalue weighted by atomic mass is 16.7. The van der Waals surface area contributed by atoms with Crippen LogP contribution < -0.4 is 0 Å². The topological polar surface area (TPSA) is 236 Å². The maximum atomic E-state index is 12.3. The number of phenolic OH excluding ortho intramolecular Hbond substituents is 4. The molecule has 44 heavy (non-hydrogen) atoms. The number of aliphatic hydroxyl groups is 5. The lowest BCUT2D eigenvalue weighted by molar-refractivity contribution is -0.291. The molecule has 2 heterocycles. The van der Waals surface area contributed by atoms with E-state index in [9.17, 15) is 50.8 Å². The molecule has 2 aromatic rings. The van der Waals surface area contributed by atoms with Crippen LogP contribution in [0.2, 0.25) is 0 Å². The van der Waals surface area contributed by atoms with Crippen LogP contribution in [0.1, 0.15) is 11.1 Å². The molecule has 1 fully saturated rings. The molecular formula is C30H28O14. The number of phenols is 4. The Balaban J connectivity index is 1.38. The van der Waals surface area contributed by atoms with Gasteiger partial charge in [-0.25, -0.2) is 4.79 Å². The summed E-state index contributed by atoms with van der Waals surface area (Å²) in [5.41, 5.74) is 0.656. The number of carbonyl (C=O) groups excluding carboxylic acids is 1. The lowest BCUT2D eigenvalue weighted by atomic mass is 9.96. The van der Waals surface area contributed by atoms with Gasteiger partial charge in [0.25, 0.3) is 0 Å². The van der Waals surface area contributed by atoms with Gasteiger partial charge in [-0.3, -0.25) is 0 Å². The summed E-state index contributed by atoms with van der Waals surface area (Å²) in [4.78, 5) is 12.3. The molecule has 1 saturated heterocycles. The number of allylic oxidation sites excluding steroid dienone is 2. The Labute approximate surface area is 248 Å². The van der Waals surface area contributed by atoms with Crippen molar-refractivity contribution in [2.45, 2.75) is 36.8 Å². The van der Waals surface area contributed by atoms with Crippen LogP contribution >= 0.6 is 0 Å². The molecule has 2 aromatic carbocycles. The van der Waals surface area contributed by atoms with Gasteiger partial charge < -0.3 is 64.9 Å². The Morgan fingerprint density at radius 2 is 1.57 bits per heavy atom. The van der Waals surface area contributed by atoms with Gasteiger partial charge >= 0.3 is 5.97 Å². The number of ether oxygens (including phenoxy) is 4. The summed E-state index contributed by atoms with van der Waals surface area (Å²) >= 11 is 0. The lowest BCUT2D eigenvalue weighted by Crippen LogP contribution is -2.59. The molecule has 6 unspecified atom stereocenters. The molecule has 232 valence electrons. The van der Waals surface area contributed by atoms with Crippen LogP contribution in [-0.2, 0) is 23.7 Å². The summed E-state index contributed by atoms with van der Waals surface area (Å²) in [6.45, 7) is -0.567. The largest absolute Gasteiger partial charge is 0.508 e. The molecule has 0 saturated carbocycles. The third kappa shape index (κ3) is 6.28. The molecular weight excluding hydrogens is 584 g/mol. The Morgan fingerprint density at radius 3 is 2.25 bits per heavy atom. The highest BCUT2D eigenvalue weighted by molar-refractivity contribution is 5.87. The zero-order chi connectivity index (χ0) is 31.7. The third-order valence-electron chi connectivity index (χ3n) is 6.90. The van der Waals surface area contributed by atoms with Crippen molar-refractivity contribution >= 4 is 17.8 Å². The Morgan fingerprint density at radius 1 is 0.886 bits per heavy atom. The van der Waals surface area contributed by atoms with Crippen LogP contribution in [0.25, 0.3) is 11.8 Å². The normalized spacial score (nSPS) is 26.7. The van der Waals surface area contributed by atoms with Crippen LogP contribution in [0, 0.1) is 0 Å². The number of hydrogen-bond acceptors (Lipinski definition) is 14. The van der Waals surface area contributed by atoms with Crippen LogP contribution in [0.4, 0.5) is 0 Å². The van der Waals surface area contributed by atoms with E-state index in [4.69, 9.17) is 18.9 Å². The minimum absolute atomic E-state index is 0.0400. The maximum Gasteiger partial charge on any atom is 0.330 e. The van der Waals surface area contributed by atoms with Crippen molar-refractivity contribution in [3.05, 3.63) is 94.7 Å². The first-order valence-electron chi connectivity index (χ1n) is 13.1. The molecule has 6 atom stereocenters. The molecule has 5 rings (SSSR count). The average Bonchev–Trinajstić information content (AvgIpc) is 2.98. The summed E-state index contributed by atoms with van der Waals surface area (Å²) in [6.07, 6.45) is -3.49. The number of aliphatic hydroxyl groups excluding tert-OH is 5. The number of fused-ring (bicyclic) bond motifs is 1. The predicted molar refractivity (Wildman–Crippen MR) is 149 cm³/mol. The second-order valence-electron chi connectivity index (χ2n) is 10.0. The van der Waals surface area contributed by atoms with Crippen LogP contribution in [0.5, 0.6) is 23.0 Å². The van der Waals surface area contributed by atoms with Crippen molar-refractivity contribution in [3.63, 3.8) is 0 Å². The summed E-state index contributed by atoms with van der Waals surface area (Å²) < 4.78 is 22.5. The number of aromatic hydroxyl groups is 4. The summed E-state index contributed by atoms with van der Waals surface area (Å²) in [6, 6.07) is 8.03. The zero-order valence-electron chi connectivity index (χ0n) is 22.6. The van der Waals surface area contributed by atoms with Crippen molar-refractivity contribution in [1.82, 2.24) is 0 Å². The fourth-order valence-corrected chi connectivity index (χ4v) is 4.58. The van der Waals surface area contributed by atoms with Gasteiger partial charge in [-0.2, -0.15) is 0 Å². The number of rotatable bonds is 7. The maximum absolute atomic E-state index is 12.3. The average molecular weight is 613 g/mol. The molecule has 0 bridgehead atoms. The SMILES string of the molecule is O=C(C=Cc1ccc(O)cc1)OCC1OC(OC2=C(c3cc(O)c(O)c(O)c3)OC3C=C(O)C=C(O)C3=C2)C(O)C(O)C1O. The van der Waals surface area contributed by atoms with Gasteiger partial charge in [-0.15, -0.1) is 0 Å². The van der Waals surface area contributed by atoms with Crippen LogP contribution in [-0.4, -0.2) is 95.3 Å². The molecule has 0 amide bonds. The van der Waals surface area contributed by atoms with E-state index in [1.807, 2.05) is 0 Å². The molecule has 1 aliphatic carbocycles. The second-order valence-corrected chi connectivity index (χ2v) is 10.0. The minimum atomic E-state index is -1.85. The fraction of sp³-hybridized carbons (Fsp3) is 0.233. The number of benzene rings is 2. The Kier molecular flexibility index (Phi) is 8.42. The predicted octanol–water partition coefficient (Wildman–Crippen LogP) is 1.48. The van der Waals surface area contributed by atoms with Crippen molar-refractivity contribution in [2.75, 3.05) is 6.61 Å². The highest BCUT2D eigenvalue weighted by Gasteiger charge is 2.46. The van der Waals surface area contributed by atoms with E-state index in [-0.39, 0.29) is 34.2 Å². The van der Waals surface area contributed by atoms with E-state index in [0.717, 1.165) is 24.3 Å². The monoisotopic (exact) mass is 612 g/mol. The Hall–Kier alpha value is -5.15. The molecule has 9 N–H and O–H groups in total.